The van der Waals surface area contributed by atoms with E-state index in [-0.39, 0.29) is 6.04 Å². The van der Waals surface area contributed by atoms with Crippen molar-refractivity contribution in [1.82, 2.24) is 4.90 Å². The molecule has 1 atom stereocenters. The van der Waals surface area contributed by atoms with Crippen molar-refractivity contribution in [2.24, 2.45) is 0 Å². The van der Waals surface area contributed by atoms with Crippen LogP contribution in [0.5, 0.6) is 0 Å². The van der Waals surface area contributed by atoms with Gasteiger partial charge in [-0.05, 0) is 44.7 Å². The molecule has 1 aromatic carbocycles. The van der Waals surface area contributed by atoms with Crippen molar-refractivity contribution in [2.45, 2.75) is 39.2 Å². The lowest BCUT2D eigenvalue weighted by atomic mass is 10.0. The SMILES string of the molecule is Cc1ccccc1NC(=O)C(=O)N1CCCCC1C. The van der Waals surface area contributed by atoms with Gasteiger partial charge in [-0.25, -0.2) is 0 Å². The molecule has 0 bridgehead atoms. The van der Waals surface area contributed by atoms with Gasteiger partial charge in [0.15, 0.2) is 0 Å². The van der Waals surface area contributed by atoms with Crippen molar-refractivity contribution >= 4 is 17.5 Å². The van der Waals surface area contributed by atoms with Crippen molar-refractivity contribution in [2.75, 3.05) is 11.9 Å². The van der Waals surface area contributed by atoms with Gasteiger partial charge in [-0.3, -0.25) is 9.59 Å². The molecule has 1 heterocycles. The minimum Gasteiger partial charge on any atom is -0.332 e. The normalized spacial score (nSPS) is 19.1. The Morgan fingerprint density at radius 2 is 2.00 bits per heavy atom. The van der Waals surface area contributed by atoms with Gasteiger partial charge >= 0.3 is 11.8 Å². The molecule has 102 valence electrons. The Bertz CT molecular complexity index is 485. The minimum absolute atomic E-state index is 0.156. The molecule has 4 heteroatoms. The summed E-state index contributed by atoms with van der Waals surface area (Å²) < 4.78 is 0. The fourth-order valence-electron chi connectivity index (χ4n) is 2.42. The van der Waals surface area contributed by atoms with E-state index in [0.717, 1.165) is 24.8 Å². The summed E-state index contributed by atoms with van der Waals surface area (Å²) in [6, 6.07) is 7.61. The monoisotopic (exact) mass is 260 g/mol. The maximum absolute atomic E-state index is 12.1. The van der Waals surface area contributed by atoms with Gasteiger partial charge in [0.1, 0.15) is 0 Å². The third kappa shape index (κ3) is 3.13. The summed E-state index contributed by atoms with van der Waals surface area (Å²) >= 11 is 0. The van der Waals surface area contributed by atoms with Crippen LogP contribution in [-0.2, 0) is 9.59 Å². The van der Waals surface area contributed by atoms with Crippen LogP contribution in [0.25, 0.3) is 0 Å². The quantitative estimate of drug-likeness (QED) is 0.788. The molecule has 2 amide bonds. The zero-order valence-corrected chi connectivity index (χ0v) is 11.5. The number of carbonyl (C=O) groups is 2. The molecule has 1 N–H and O–H groups in total. The predicted molar refractivity (Wildman–Crippen MR) is 74.8 cm³/mol. The van der Waals surface area contributed by atoms with Crippen LogP contribution in [0.3, 0.4) is 0 Å². The third-order valence-electron chi connectivity index (χ3n) is 3.65. The molecule has 0 spiro atoms. The van der Waals surface area contributed by atoms with Crippen LogP contribution in [-0.4, -0.2) is 29.3 Å². The molecule has 1 unspecified atom stereocenters. The summed E-state index contributed by atoms with van der Waals surface area (Å²) in [5.74, 6) is -0.960. The number of piperidine rings is 1. The average Bonchev–Trinajstić information content (AvgIpc) is 2.41. The summed E-state index contributed by atoms with van der Waals surface area (Å²) in [5.41, 5.74) is 1.65. The van der Waals surface area contributed by atoms with Crippen LogP contribution in [0, 0.1) is 6.92 Å². The van der Waals surface area contributed by atoms with Gasteiger partial charge in [-0.1, -0.05) is 18.2 Å². The summed E-state index contributed by atoms with van der Waals surface area (Å²) in [7, 11) is 0. The van der Waals surface area contributed by atoms with E-state index in [9.17, 15) is 9.59 Å². The molecule has 0 saturated carbocycles. The number of benzene rings is 1. The second-order valence-electron chi connectivity index (χ2n) is 5.11. The lowest BCUT2D eigenvalue weighted by Crippen LogP contribution is -2.47. The smallest absolute Gasteiger partial charge is 0.313 e. The van der Waals surface area contributed by atoms with E-state index in [1.54, 1.807) is 11.0 Å². The first-order valence-electron chi connectivity index (χ1n) is 6.77. The van der Waals surface area contributed by atoms with Crippen molar-refractivity contribution in [3.8, 4) is 0 Å². The molecule has 0 aliphatic carbocycles. The van der Waals surface area contributed by atoms with Crippen LogP contribution in [0.1, 0.15) is 31.7 Å². The summed E-state index contributed by atoms with van der Waals surface area (Å²) in [6.45, 7) is 4.59. The first-order chi connectivity index (χ1) is 9.09. The molecule has 1 aromatic rings. The number of hydrogen-bond donors (Lipinski definition) is 1. The molecule has 1 saturated heterocycles. The standard InChI is InChI=1S/C15H20N2O2/c1-11-7-3-4-9-13(11)16-14(18)15(19)17-10-6-5-8-12(17)2/h3-4,7,9,12H,5-6,8,10H2,1-2H3,(H,16,18). The minimum atomic E-state index is -0.539. The number of rotatable bonds is 1. The van der Waals surface area contributed by atoms with E-state index in [1.807, 2.05) is 32.0 Å². The summed E-state index contributed by atoms with van der Waals surface area (Å²) in [6.07, 6.45) is 3.08. The van der Waals surface area contributed by atoms with E-state index in [1.165, 1.54) is 0 Å². The van der Waals surface area contributed by atoms with Gasteiger partial charge in [0, 0.05) is 18.3 Å². The molecule has 1 fully saturated rings. The number of nitrogens with zero attached hydrogens (tertiary/aromatic N) is 1. The Balaban J connectivity index is 2.03. The van der Waals surface area contributed by atoms with Gasteiger partial charge in [-0.2, -0.15) is 0 Å². The molecule has 0 radical (unpaired) electrons. The van der Waals surface area contributed by atoms with Gasteiger partial charge in [0.2, 0.25) is 0 Å². The second-order valence-corrected chi connectivity index (χ2v) is 5.11. The average molecular weight is 260 g/mol. The Morgan fingerprint density at radius 3 is 2.68 bits per heavy atom. The second kappa shape index (κ2) is 5.87. The Kier molecular flexibility index (Phi) is 4.20. The highest BCUT2D eigenvalue weighted by Crippen LogP contribution is 2.18. The van der Waals surface area contributed by atoms with Crippen molar-refractivity contribution < 1.29 is 9.59 Å². The number of aryl methyl sites for hydroxylation is 1. The van der Waals surface area contributed by atoms with E-state index < -0.39 is 11.8 Å². The molecule has 2 rings (SSSR count). The van der Waals surface area contributed by atoms with Gasteiger partial charge in [0.25, 0.3) is 0 Å². The fourth-order valence-corrected chi connectivity index (χ4v) is 2.42. The molecular formula is C15H20N2O2. The molecular weight excluding hydrogens is 240 g/mol. The van der Waals surface area contributed by atoms with Crippen molar-refractivity contribution in [3.63, 3.8) is 0 Å². The van der Waals surface area contributed by atoms with Crippen molar-refractivity contribution in [3.05, 3.63) is 29.8 Å². The third-order valence-corrected chi connectivity index (χ3v) is 3.65. The topological polar surface area (TPSA) is 49.4 Å². The lowest BCUT2D eigenvalue weighted by molar-refractivity contribution is -0.145. The number of nitrogens with one attached hydrogen (secondary N) is 1. The van der Waals surface area contributed by atoms with Crippen LogP contribution in [0.15, 0.2) is 24.3 Å². The first-order valence-corrected chi connectivity index (χ1v) is 6.77. The summed E-state index contributed by atoms with van der Waals surface area (Å²) in [4.78, 5) is 25.8. The number of carbonyl (C=O) groups excluding carboxylic acids is 2. The Labute approximate surface area is 113 Å². The lowest BCUT2D eigenvalue weighted by Gasteiger charge is -2.32. The number of amides is 2. The number of likely N-dealkylation sites (tertiary alicyclic amines) is 1. The van der Waals surface area contributed by atoms with E-state index in [2.05, 4.69) is 5.32 Å². The van der Waals surface area contributed by atoms with E-state index >= 15 is 0 Å². The molecule has 0 aromatic heterocycles. The molecule has 19 heavy (non-hydrogen) atoms. The molecule has 1 aliphatic heterocycles. The highest BCUT2D eigenvalue weighted by molar-refractivity contribution is 6.39. The zero-order valence-electron chi connectivity index (χ0n) is 11.5. The summed E-state index contributed by atoms with van der Waals surface area (Å²) in [5, 5.41) is 2.70. The van der Waals surface area contributed by atoms with Gasteiger partial charge in [0.05, 0.1) is 0 Å². The highest BCUT2D eigenvalue weighted by Gasteiger charge is 2.28. The number of para-hydroxylation sites is 1. The highest BCUT2D eigenvalue weighted by atomic mass is 16.2. The van der Waals surface area contributed by atoms with E-state index in [0.29, 0.717) is 12.2 Å². The predicted octanol–water partition coefficient (Wildman–Crippen LogP) is 2.33. The Morgan fingerprint density at radius 1 is 1.26 bits per heavy atom. The maximum Gasteiger partial charge on any atom is 0.313 e. The number of hydrogen-bond acceptors (Lipinski definition) is 2. The van der Waals surface area contributed by atoms with Crippen LogP contribution < -0.4 is 5.32 Å². The first kappa shape index (κ1) is 13.6. The largest absolute Gasteiger partial charge is 0.332 e. The van der Waals surface area contributed by atoms with Crippen LogP contribution in [0.4, 0.5) is 5.69 Å². The zero-order chi connectivity index (χ0) is 13.8. The van der Waals surface area contributed by atoms with Gasteiger partial charge in [-0.15, -0.1) is 0 Å². The van der Waals surface area contributed by atoms with Crippen molar-refractivity contribution in [1.29, 1.82) is 0 Å². The fraction of sp³-hybridized carbons (Fsp3) is 0.467. The van der Waals surface area contributed by atoms with Gasteiger partial charge < -0.3 is 10.2 Å². The number of anilines is 1. The van der Waals surface area contributed by atoms with Crippen LogP contribution in [0.2, 0.25) is 0 Å². The molecule has 1 aliphatic rings. The maximum atomic E-state index is 12.1. The van der Waals surface area contributed by atoms with E-state index in [4.69, 9.17) is 0 Å². The van der Waals surface area contributed by atoms with Crippen LogP contribution >= 0.6 is 0 Å². The Hall–Kier alpha value is -1.84. The molecule has 4 nitrogen and oxygen atoms in total.